The van der Waals surface area contributed by atoms with E-state index in [1.807, 2.05) is 13.8 Å². The lowest BCUT2D eigenvalue weighted by molar-refractivity contribution is 0.467. The molecule has 66 valence electrons. The molecule has 0 saturated carbocycles. The lowest BCUT2D eigenvalue weighted by atomic mass is 10.1. The molecule has 0 fully saturated rings. The molecule has 0 aromatic heterocycles. The van der Waals surface area contributed by atoms with E-state index in [1.165, 1.54) is 3.57 Å². The molecule has 1 unspecified atom stereocenters. The van der Waals surface area contributed by atoms with E-state index >= 15 is 0 Å². The monoisotopic (exact) mass is 406 g/mol. The quantitative estimate of drug-likeness (QED) is 0.520. The number of phenolic OH excluding ortho intramolecular Hbond substituents is 1. The Bertz CT molecular complexity index is 231. The second-order valence-electron chi connectivity index (χ2n) is 2.64. The van der Waals surface area contributed by atoms with Gasteiger partial charge in [0.15, 0.2) is 0 Å². The Kier molecular flexibility index (Phi) is 3.63. The highest BCUT2D eigenvalue weighted by Crippen LogP contribution is 2.30. The fraction of sp³-hybridized carbons (Fsp3) is 0.250. The third-order valence-electron chi connectivity index (χ3n) is 1.86. The van der Waals surface area contributed by atoms with E-state index in [9.17, 15) is 5.11 Å². The van der Waals surface area contributed by atoms with Gasteiger partial charge >= 0.3 is 0 Å². The molecule has 0 saturated heterocycles. The van der Waals surface area contributed by atoms with Gasteiger partial charge in [-0.2, -0.15) is 0 Å². The highest BCUT2D eigenvalue weighted by Gasteiger charge is 2.12. The maximum Gasteiger partial charge on any atom is 0.132 e. The Labute approximate surface area is 102 Å². The summed E-state index contributed by atoms with van der Waals surface area (Å²) in [7, 11) is 2.66. The van der Waals surface area contributed by atoms with Crippen molar-refractivity contribution < 1.29 is 5.11 Å². The lowest BCUT2D eigenvalue weighted by Gasteiger charge is -2.11. The minimum atomic E-state index is 0.415. The van der Waals surface area contributed by atoms with Crippen molar-refractivity contribution >= 4 is 59.7 Å². The van der Waals surface area contributed by atoms with Gasteiger partial charge in [-0.3, -0.25) is 0 Å². The lowest BCUT2D eigenvalue weighted by Crippen LogP contribution is -2.07. The first-order valence-corrected chi connectivity index (χ1v) is 6.13. The summed E-state index contributed by atoms with van der Waals surface area (Å²) < 4.78 is 2.18. The van der Waals surface area contributed by atoms with Gasteiger partial charge in [0.2, 0.25) is 0 Å². The Morgan fingerprint density at radius 1 is 1.08 bits per heavy atom. The van der Waals surface area contributed by atoms with Crippen molar-refractivity contribution in [3.05, 3.63) is 18.3 Å². The van der Waals surface area contributed by atoms with Gasteiger partial charge < -0.3 is 5.11 Å². The van der Waals surface area contributed by atoms with E-state index in [0.717, 1.165) is 20.0 Å². The number of halogens is 2. The molecule has 0 aliphatic rings. The number of rotatable bonds is 0. The van der Waals surface area contributed by atoms with Crippen molar-refractivity contribution in [1.82, 2.24) is 0 Å². The largest absolute Gasteiger partial charge is 0.507 e. The number of hydrogen-bond donors (Lipinski definition) is 1. The van der Waals surface area contributed by atoms with Gasteiger partial charge in [0.1, 0.15) is 5.75 Å². The average molecular weight is 406 g/mol. The van der Waals surface area contributed by atoms with E-state index < -0.39 is 0 Å². The minimum Gasteiger partial charge on any atom is -0.507 e. The van der Waals surface area contributed by atoms with Gasteiger partial charge in [-0.25, -0.2) is 0 Å². The third kappa shape index (κ3) is 1.73. The van der Waals surface area contributed by atoms with Crippen LogP contribution in [0.3, 0.4) is 0 Å². The van der Waals surface area contributed by atoms with Gasteiger partial charge in [0, 0.05) is 9.13 Å². The van der Waals surface area contributed by atoms with Crippen LogP contribution in [-0.2, 0) is 0 Å². The zero-order chi connectivity index (χ0) is 9.46. The van der Waals surface area contributed by atoms with Crippen LogP contribution in [0, 0.1) is 21.0 Å². The highest BCUT2D eigenvalue weighted by molar-refractivity contribution is 14.1. The fourth-order valence-electron chi connectivity index (χ4n) is 0.933. The second kappa shape index (κ2) is 3.96. The molecule has 0 heterocycles. The van der Waals surface area contributed by atoms with E-state index in [-0.39, 0.29) is 0 Å². The summed E-state index contributed by atoms with van der Waals surface area (Å²) in [6, 6.07) is 0. The smallest absolute Gasteiger partial charge is 0.132 e. The number of benzene rings is 1. The van der Waals surface area contributed by atoms with Crippen molar-refractivity contribution in [2.75, 3.05) is 0 Å². The summed E-state index contributed by atoms with van der Waals surface area (Å²) in [6.07, 6.45) is 0. The molecular formula is C8H9I2OP. The number of phenols is 1. The molecule has 0 aliphatic carbocycles. The summed E-state index contributed by atoms with van der Waals surface area (Å²) in [5.74, 6) is 0.415. The topological polar surface area (TPSA) is 20.2 Å². The van der Waals surface area contributed by atoms with E-state index in [0.29, 0.717) is 5.75 Å². The van der Waals surface area contributed by atoms with Gasteiger partial charge in [0.25, 0.3) is 0 Å². The van der Waals surface area contributed by atoms with Gasteiger partial charge in [-0.1, -0.05) is 0 Å². The van der Waals surface area contributed by atoms with Crippen molar-refractivity contribution in [1.29, 1.82) is 0 Å². The molecule has 1 N–H and O–H groups in total. The Morgan fingerprint density at radius 3 is 2.08 bits per heavy atom. The fourth-order valence-corrected chi connectivity index (χ4v) is 3.15. The molecule has 1 rings (SSSR count). The normalized spacial score (nSPS) is 10.4. The number of aromatic hydroxyl groups is 1. The van der Waals surface area contributed by atoms with Gasteiger partial charge in [-0.05, 0) is 69.9 Å². The van der Waals surface area contributed by atoms with Crippen molar-refractivity contribution in [3.8, 4) is 5.75 Å². The molecule has 1 atom stereocenters. The van der Waals surface area contributed by atoms with Crippen molar-refractivity contribution in [2.45, 2.75) is 13.8 Å². The minimum absolute atomic E-state index is 0.415. The van der Waals surface area contributed by atoms with Crippen LogP contribution in [0.4, 0.5) is 0 Å². The first-order chi connectivity index (χ1) is 5.46. The highest BCUT2D eigenvalue weighted by atomic mass is 127. The predicted molar refractivity (Wildman–Crippen MR) is 72.4 cm³/mol. The van der Waals surface area contributed by atoms with E-state index in [1.54, 1.807) is 0 Å². The van der Waals surface area contributed by atoms with E-state index in [2.05, 4.69) is 54.4 Å². The molecule has 12 heavy (non-hydrogen) atoms. The van der Waals surface area contributed by atoms with Crippen LogP contribution >= 0.6 is 54.4 Å². The van der Waals surface area contributed by atoms with Crippen LogP contribution in [0.2, 0.25) is 0 Å². The molecule has 1 nitrogen and oxygen atoms in total. The van der Waals surface area contributed by atoms with Crippen molar-refractivity contribution in [3.63, 3.8) is 0 Å². The first-order valence-electron chi connectivity index (χ1n) is 3.39. The molecular weight excluding hydrogens is 397 g/mol. The zero-order valence-corrected chi connectivity index (χ0v) is 12.3. The molecule has 1 aromatic rings. The molecule has 1 aromatic carbocycles. The van der Waals surface area contributed by atoms with Crippen LogP contribution in [0.1, 0.15) is 11.1 Å². The zero-order valence-electron chi connectivity index (χ0n) is 6.78. The molecule has 4 heteroatoms. The standard InChI is InChI=1S/C8H9I2OP/c1-3-5(9)7(11)4(2)8(12)6(3)10/h11H,12H2,1-2H3. The average Bonchev–Trinajstić information content (AvgIpc) is 2.08. The second-order valence-corrected chi connectivity index (χ2v) is 5.38. The molecule has 0 spiro atoms. The number of hydrogen-bond acceptors (Lipinski definition) is 1. The Hall–Kier alpha value is 0.910. The van der Waals surface area contributed by atoms with Crippen molar-refractivity contribution in [2.24, 2.45) is 0 Å². The summed E-state index contributed by atoms with van der Waals surface area (Å²) >= 11 is 4.47. The van der Waals surface area contributed by atoms with E-state index in [4.69, 9.17) is 0 Å². The van der Waals surface area contributed by atoms with Crippen LogP contribution in [0.15, 0.2) is 0 Å². The van der Waals surface area contributed by atoms with Crippen LogP contribution in [0.25, 0.3) is 0 Å². The van der Waals surface area contributed by atoms with Gasteiger partial charge in [-0.15, -0.1) is 9.24 Å². The summed E-state index contributed by atoms with van der Waals surface area (Å²) in [5.41, 5.74) is 2.11. The Balaban J connectivity index is 3.60. The SMILES string of the molecule is Cc1c(O)c(I)c(C)c(I)c1P. The Morgan fingerprint density at radius 2 is 1.58 bits per heavy atom. The maximum atomic E-state index is 9.67. The third-order valence-corrected chi connectivity index (χ3v) is 5.88. The van der Waals surface area contributed by atoms with Crippen LogP contribution in [0.5, 0.6) is 5.75 Å². The summed E-state index contributed by atoms with van der Waals surface area (Å²) in [6.45, 7) is 3.96. The predicted octanol–water partition coefficient (Wildman–Crippen LogP) is 2.72. The van der Waals surface area contributed by atoms with Gasteiger partial charge in [0.05, 0.1) is 3.57 Å². The molecule has 0 bridgehead atoms. The summed E-state index contributed by atoms with van der Waals surface area (Å²) in [4.78, 5) is 0. The maximum absolute atomic E-state index is 9.67. The molecule has 0 amide bonds. The van der Waals surface area contributed by atoms with Crippen LogP contribution in [-0.4, -0.2) is 5.11 Å². The first kappa shape index (κ1) is 11.0. The van der Waals surface area contributed by atoms with Crippen LogP contribution < -0.4 is 5.30 Å². The molecule has 0 radical (unpaired) electrons. The molecule has 0 aliphatic heterocycles. The summed E-state index contributed by atoms with van der Waals surface area (Å²) in [5, 5.41) is 10.8.